The van der Waals surface area contributed by atoms with E-state index in [0.717, 1.165) is 17.5 Å². The lowest BCUT2D eigenvalue weighted by atomic mass is 9.70. The molecule has 1 aromatic heterocycles. The fourth-order valence-electron chi connectivity index (χ4n) is 6.81. The van der Waals surface area contributed by atoms with Gasteiger partial charge in [0.2, 0.25) is 0 Å². The van der Waals surface area contributed by atoms with Gasteiger partial charge in [-0.15, -0.1) is 0 Å². The van der Waals surface area contributed by atoms with E-state index in [9.17, 15) is 17.6 Å². The fourth-order valence-corrected chi connectivity index (χ4v) is 9.46. The van der Waals surface area contributed by atoms with Gasteiger partial charge in [-0.2, -0.15) is 13.4 Å². The number of morpholine rings is 1. The fraction of sp³-hybridized carbons (Fsp3) is 0.469. The highest BCUT2D eigenvalue weighted by Crippen LogP contribution is 2.65. The lowest BCUT2D eigenvalue weighted by Crippen LogP contribution is -2.44. The van der Waals surface area contributed by atoms with Gasteiger partial charge in [-0.05, 0) is 41.4 Å². The van der Waals surface area contributed by atoms with Gasteiger partial charge in [-0.1, -0.05) is 84.3 Å². The zero-order chi connectivity index (χ0) is 32.6. The molecule has 1 aliphatic heterocycles. The first kappa shape index (κ1) is 33.2. The molecular weight excluding hydrogens is 667 g/mol. The standard InChI is InChI=1S/C22H23FN4O2.C10H15BrO4S/c1-15(17-7-8-18(19(23)13-17)16-5-3-2-4-6-16)20-14-21(29-26-20)25-22(24)27-9-11-28-12-10-27;1-9(2)6-3-4-10(9,5-16(13,14)15)8(12)7(6)11/h2-8,13-15H,9-12H2,1H3,(H2,24,25);6-7H,3-5H2,1-2H3,(H,13,14,15). The predicted octanol–water partition coefficient (Wildman–Crippen LogP) is 5.55. The summed E-state index contributed by atoms with van der Waals surface area (Å²) in [6, 6.07) is 16.5. The molecule has 1 saturated heterocycles. The van der Waals surface area contributed by atoms with E-state index in [1.54, 1.807) is 18.2 Å². The van der Waals surface area contributed by atoms with Crippen molar-refractivity contribution in [3.05, 3.63) is 71.7 Å². The topological polar surface area (TPSA) is 148 Å². The van der Waals surface area contributed by atoms with Crippen LogP contribution in [0, 0.1) is 22.6 Å². The average Bonchev–Trinajstić information content (AvgIpc) is 3.61. The molecule has 2 heterocycles. The zero-order valence-electron chi connectivity index (χ0n) is 25.4. The van der Waals surface area contributed by atoms with Crippen LogP contribution in [0.25, 0.3) is 11.1 Å². The van der Waals surface area contributed by atoms with Crippen molar-refractivity contribution in [1.82, 2.24) is 10.1 Å². The number of hydrogen-bond donors (Lipinski definition) is 2. The van der Waals surface area contributed by atoms with Crippen molar-refractivity contribution < 1.29 is 31.4 Å². The highest BCUT2D eigenvalue weighted by atomic mass is 79.9. The van der Waals surface area contributed by atoms with Crippen molar-refractivity contribution in [2.45, 2.75) is 44.4 Å². The Balaban J connectivity index is 0.000000211. The molecule has 2 aliphatic carbocycles. The number of guanidine groups is 1. The van der Waals surface area contributed by atoms with Crippen molar-refractivity contribution >= 4 is 43.7 Å². The normalized spacial score (nSPS) is 25.2. The number of carbonyl (C=O) groups is 1. The summed E-state index contributed by atoms with van der Waals surface area (Å²) >= 11 is 3.35. The van der Waals surface area contributed by atoms with Crippen molar-refractivity contribution in [3.63, 3.8) is 0 Å². The summed E-state index contributed by atoms with van der Waals surface area (Å²) in [5.74, 6) is -0.0394. The van der Waals surface area contributed by atoms with Crippen molar-refractivity contribution in [2.75, 3.05) is 32.1 Å². The minimum atomic E-state index is -4.12. The van der Waals surface area contributed by atoms with Crippen molar-refractivity contribution in [3.8, 4) is 11.1 Å². The van der Waals surface area contributed by atoms with Crippen molar-refractivity contribution in [2.24, 2.45) is 27.5 Å². The number of fused-ring (bicyclic) bond motifs is 2. The third kappa shape index (κ3) is 6.72. The molecule has 2 aromatic carbocycles. The van der Waals surface area contributed by atoms with Gasteiger partial charge in [0, 0.05) is 30.6 Å². The van der Waals surface area contributed by atoms with E-state index in [2.05, 4.69) is 26.1 Å². The molecule has 13 heteroatoms. The first-order chi connectivity index (χ1) is 21.2. The Morgan fingerprint density at radius 2 is 1.89 bits per heavy atom. The molecule has 3 fully saturated rings. The summed E-state index contributed by atoms with van der Waals surface area (Å²) in [6.07, 6.45) is 1.40. The molecule has 3 aliphatic rings. The SMILES string of the molecule is CC(c1ccc(-c2ccccc2)c(F)c1)c1cc(/N=C(/N)N2CCOCC2)on1.CC1(C)C2CCC1(CS(=O)(=O)O)C(=O)C2Br. The molecule has 3 N–H and O–H groups in total. The Kier molecular flexibility index (Phi) is 9.55. The lowest BCUT2D eigenvalue weighted by Gasteiger charge is -2.35. The molecule has 4 unspecified atom stereocenters. The minimum Gasteiger partial charge on any atom is -0.378 e. The number of nitrogens with two attached hydrogens (primary N) is 1. The van der Waals surface area contributed by atoms with E-state index in [-0.39, 0.29) is 33.7 Å². The maximum atomic E-state index is 14.7. The number of hydrogen-bond acceptors (Lipinski definition) is 7. The molecule has 2 saturated carbocycles. The highest BCUT2D eigenvalue weighted by molar-refractivity contribution is 9.10. The zero-order valence-corrected chi connectivity index (χ0v) is 27.9. The number of alkyl halides is 1. The molecule has 0 radical (unpaired) electrons. The second kappa shape index (κ2) is 12.9. The van der Waals surface area contributed by atoms with Crippen LogP contribution in [0.3, 0.4) is 0 Å². The number of rotatable bonds is 6. The largest absolute Gasteiger partial charge is 0.378 e. The molecule has 10 nitrogen and oxygen atoms in total. The maximum absolute atomic E-state index is 14.7. The molecule has 45 heavy (non-hydrogen) atoms. The summed E-state index contributed by atoms with van der Waals surface area (Å²) in [6.45, 7) is 8.44. The van der Waals surface area contributed by atoms with E-state index in [4.69, 9.17) is 19.5 Å². The molecule has 242 valence electrons. The molecule has 2 bridgehead atoms. The Labute approximate surface area is 271 Å². The summed E-state index contributed by atoms with van der Waals surface area (Å²) in [7, 11) is -4.12. The number of aliphatic imine (C=N–C) groups is 1. The van der Waals surface area contributed by atoms with Crippen LogP contribution in [0.5, 0.6) is 0 Å². The molecule has 3 aromatic rings. The van der Waals surface area contributed by atoms with Crippen LogP contribution in [-0.2, 0) is 19.6 Å². The second-order valence-corrected chi connectivity index (χ2v) is 14.9. The predicted molar refractivity (Wildman–Crippen MR) is 173 cm³/mol. The Morgan fingerprint density at radius 1 is 1.20 bits per heavy atom. The van der Waals surface area contributed by atoms with Gasteiger partial charge in [0.05, 0.1) is 34.9 Å². The maximum Gasteiger partial charge on any atom is 0.265 e. The summed E-state index contributed by atoms with van der Waals surface area (Å²) in [5, 5.41) is 4.10. The average molecular weight is 706 g/mol. The number of ketones is 1. The van der Waals surface area contributed by atoms with Crippen molar-refractivity contribution in [1.29, 1.82) is 0 Å². The summed E-state index contributed by atoms with van der Waals surface area (Å²) < 4.78 is 56.6. The molecule has 6 rings (SSSR count). The van der Waals surface area contributed by atoms with Crippen LogP contribution in [0.2, 0.25) is 0 Å². The summed E-state index contributed by atoms with van der Waals surface area (Å²) in [4.78, 5) is 18.1. The number of halogens is 2. The van der Waals surface area contributed by atoms with Crippen LogP contribution in [-0.4, -0.2) is 71.7 Å². The second-order valence-electron chi connectivity index (χ2n) is 12.4. The number of Topliss-reactive ketones (excluding diaryl/α,β-unsaturated/α-hetero) is 1. The van der Waals surface area contributed by atoms with Gasteiger partial charge in [0.25, 0.3) is 16.0 Å². The van der Waals surface area contributed by atoms with Gasteiger partial charge in [-0.25, -0.2) is 4.39 Å². The Morgan fingerprint density at radius 3 is 2.49 bits per heavy atom. The number of carbonyl (C=O) groups excluding carboxylic acids is 1. The Hall–Kier alpha value is -3.13. The quantitative estimate of drug-likeness (QED) is 0.146. The number of aromatic nitrogens is 1. The third-order valence-corrected chi connectivity index (χ3v) is 11.6. The smallest absolute Gasteiger partial charge is 0.265 e. The van der Waals surface area contributed by atoms with Gasteiger partial charge in [0.1, 0.15) is 5.82 Å². The molecule has 0 spiro atoms. The van der Waals surface area contributed by atoms with Crippen LogP contribution in [0.1, 0.15) is 50.8 Å². The Bertz CT molecular complexity index is 1680. The number of benzene rings is 2. The van der Waals surface area contributed by atoms with E-state index in [1.807, 2.05) is 62.1 Å². The van der Waals surface area contributed by atoms with E-state index in [1.165, 1.54) is 0 Å². The van der Waals surface area contributed by atoms with Crippen LogP contribution in [0.4, 0.5) is 10.3 Å². The van der Waals surface area contributed by atoms with E-state index < -0.39 is 21.3 Å². The van der Waals surface area contributed by atoms with Crippen LogP contribution >= 0.6 is 15.9 Å². The minimum absolute atomic E-state index is 0.0635. The number of ether oxygens (including phenoxy) is 1. The lowest BCUT2D eigenvalue weighted by molar-refractivity contribution is -0.127. The van der Waals surface area contributed by atoms with Gasteiger partial charge < -0.3 is 19.9 Å². The van der Waals surface area contributed by atoms with Gasteiger partial charge >= 0.3 is 0 Å². The van der Waals surface area contributed by atoms with Crippen LogP contribution < -0.4 is 5.73 Å². The first-order valence-corrected chi connectivity index (χ1v) is 17.4. The van der Waals surface area contributed by atoms with Gasteiger partial charge in [-0.3, -0.25) is 9.35 Å². The molecular formula is C32H38BrFN4O6S. The third-order valence-electron chi connectivity index (χ3n) is 9.64. The highest BCUT2D eigenvalue weighted by Gasteiger charge is 2.69. The number of nitrogens with zero attached hydrogens (tertiary/aromatic N) is 3. The monoisotopic (exact) mass is 704 g/mol. The molecule has 0 amide bonds. The van der Waals surface area contributed by atoms with E-state index in [0.29, 0.717) is 55.8 Å². The summed E-state index contributed by atoms with van der Waals surface area (Å²) in [5.41, 5.74) is 7.69. The first-order valence-electron chi connectivity index (χ1n) is 14.9. The molecule has 4 atom stereocenters. The van der Waals surface area contributed by atoms with Gasteiger partial charge in [0.15, 0.2) is 11.7 Å². The van der Waals surface area contributed by atoms with E-state index >= 15 is 0 Å². The van der Waals surface area contributed by atoms with Crippen LogP contribution in [0.15, 0.2) is 64.1 Å².